The molecule has 1 aliphatic rings. The Hall–Kier alpha value is -2.58. The summed E-state index contributed by atoms with van der Waals surface area (Å²) in [7, 11) is 4.78. The Labute approximate surface area is 174 Å². The van der Waals surface area contributed by atoms with Gasteiger partial charge in [-0.25, -0.2) is 0 Å². The predicted octanol–water partition coefficient (Wildman–Crippen LogP) is 2.38. The van der Waals surface area contributed by atoms with Gasteiger partial charge in [0, 0.05) is 44.3 Å². The van der Waals surface area contributed by atoms with Crippen LogP contribution in [0.4, 0.5) is 0 Å². The van der Waals surface area contributed by atoms with Gasteiger partial charge in [0.25, 0.3) is 5.91 Å². The third kappa shape index (κ3) is 4.71. The van der Waals surface area contributed by atoms with Crippen molar-refractivity contribution in [3.05, 3.63) is 46.2 Å². The molecule has 2 aromatic rings. The number of hydrogen-bond acceptors (Lipinski definition) is 6. The lowest BCUT2D eigenvalue weighted by Crippen LogP contribution is -2.37. The second kappa shape index (κ2) is 9.76. The van der Waals surface area contributed by atoms with Crippen molar-refractivity contribution in [1.29, 1.82) is 0 Å². The second-order valence-corrected chi connectivity index (χ2v) is 7.74. The number of nitrogens with one attached hydrogen (secondary N) is 1. The zero-order chi connectivity index (χ0) is 20.8. The Balaban J connectivity index is 1.88. The Morgan fingerprint density at radius 2 is 2.00 bits per heavy atom. The molecule has 1 N–H and O–H groups in total. The Kier molecular flexibility index (Phi) is 7.11. The van der Waals surface area contributed by atoms with E-state index in [1.165, 1.54) is 11.3 Å². The molecule has 2 amide bonds. The first kappa shape index (κ1) is 21.1. The van der Waals surface area contributed by atoms with Crippen molar-refractivity contribution >= 4 is 23.2 Å². The number of benzene rings is 1. The van der Waals surface area contributed by atoms with Crippen LogP contribution in [0.3, 0.4) is 0 Å². The molecule has 2 atom stereocenters. The summed E-state index contributed by atoms with van der Waals surface area (Å²) in [5, 5.41) is 4.79. The van der Waals surface area contributed by atoms with Gasteiger partial charge in [0.1, 0.15) is 11.5 Å². The predicted molar refractivity (Wildman–Crippen MR) is 111 cm³/mol. The highest BCUT2D eigenvalue weighted by atomic mass is 32.1. The molecule has 1 saturated heterocycles. The van der Waals surface area contributed by atoms with Crippen LogP contribution in [0.1, 0.15) is 21.2 Å². The van der Waals surface area contributed by atoms with E-state index in [1.54, 1.807) is 32.3 Å². The van der Waals surface area contributed by atoms with Crippen LogP contribution in [0.25, 0.3) is 0 Å². The quantitative estimate of drug-likeness (QED) is 0.666. The Bertz CT molecular complexity index is 840. The van der Waals surface area contributed by atoms with Gasteiger partial charge in [-0.15, -0.1) is 11.3 Å². The average molecular weight is 419 g/mol. The fourth-order valence-electron chi connectivity index (χ4n) is 3.64. The summed E-state index contributed by atoms with van der Waals surface area (Å²) in [4.78, 5) is 28.2. The molecule has 1 aliphatic heterocycles. The van der Waals surface area contributed by atoms with Crippen LogP contribution in [0.5, 0.6) is 11.5 Å². The molecule has 7 nitrogen and oxygen atoms in total. The van der Waals surface area contributed by atoms with Gasteiger partial charge in [-0.05, 0) is 17.5 Å². The third-order valence-corrected chi connectivity index (χ3v) is 5.98. The number of carbonyl (C=O) groups excluding carboxylic acids is 2. The summed E-state index contributed by atoms with van der Waals surface area (Å²) in [6.07, 6.45) is 0. The zero-order valence-electron chi connectivity index (χ0n) is 16.8. The highest BCUT2D eigenvalue weighted by Crippen LogP contribution is 2.39. The fourth-order valence-corrected chi connectivity index (χ4v) is 4.33. The standard InChI is InChI=1S/C21H26N2O5S/c1-26-9-8-22-20(24)17-13-23(21(25)19-5-4-10-29-19)12-16(17)15-7-6-14(27-2)11-18(15)28-3/h4-7,10-11,16-17H,8-9,12-13H2,1-3H3,(H,22,24)/t16-,17+/m0/s1. The molecule has 1 aromatic heterocycles. The largest absolute Gasteiger partial charge is 0.497 e. The van der Waals surface area contributed by atoms with Crippen LogP contribution in [0.2, 0.25) is 0 Å². The minimum Gasteiger partial charge on any atom is -0.497 e. The van der Waals surface area contributed by atoms with E-state index >= 15 is 0 Å². The van der Waals surface area contributed by atoms with Crippen molar-refractivity contribution in [1.82, 2.24) is 10.2 Å². The molecule has 3 rings (SSSR count). The highest BCUT2D eigenvalue weighted by Gasteiger charge is 2.41. The summed E-state index contributed by atoms with van der Waals surface area (Å²) in [6, 6.07) is 9.23. The van der Waals surface area contributed by atoms with Crippen molar-refractivity contribution in [2.24, 2.45) is 5.92 Å². The number of thiophene rings is 1. The molecule has 156 valence electrons. The molecule has 1 fully saturated rings. The van der Waals surface area contributed by atoms with Crippen molar-refractivity contribution in [2.45, 2.75) is 5.92 Å². The van der Waals surface area contributed by atoms with E-state index < -0.39 is 0 Å². The van der Waals surface area contributed by atoms with Crippen LogP contribution < -0.4 is 14.8 Å². The lowest BCUT2D eigenvalue weighted by Gasteiger charge is -2.20. The maximum atomic E-state index is 12.9. The number of nitrogens with zero attached hydrogens (tertiary/aromatic N) is 1. The number of methoxy groups -OCH3 is 3. The number of ether oxygens (including phenoxy) is 3. The van der Waals surface area contributed by atoms with Crippen molar-refractivity contribution in [3.63, 3.8) is 0 Å². The fraction of sp³-hybridized carbons (Fsp3) is 0.429. The second-order valence-electron chi connectivity index (χ2n) is 6.79. The topological polar surface area (TPSA) is 77.1 Å². The molecule has 0 spiro atoms. The van der Waals surface area contributed by atoms with Crippen LogP contribution in [0, 0.1) is 5.92 Å². The van der Waals surface area contributed by atoms with Gasteiger partial charge in [0.2, 0.25) is 5.91 Å². The first-order chi connectivity index (χ1) is 14.1. The molecular formula is C21H26N2O5S. The Morgan fingerprint density at radius 3 is 2.66 bits per heavy atom. The summed E-state index contributed by atoms with van der Waals surface area (Å²) < 4.78 is 15.9. The van der Waals surface area contributed by atoms with Gasteiger partial charge in [-0.1, -0.05) is 12.1 Å². The molecule has 0 unspecified atom stereocenters. The SMILES string of the molecule is COCCNC(=O)[C@@H]1CN(C(=O)c2cccs2)C[C@H]1c1ccc(OC)cc1OC. The number of likely N-dealkylation sites (tertiary alicyclic amines) is 1. The van der Waals surface area contributed by atoms with Gasteiger partial charge >= 0.3 is 0 Å². The Morgan fingerprint density at radius 1 is 1.17 bits per heavy atom. The van der Waals surface area contributed by atoms with Crippen LogP contribution >= 0.6 is 11.3 Å². The van der Waals surface area contributed by atoms with Crippen molar-refractivity contribution in [2.75, 3.05) is 47.6 Å². The summed E-state index contributed by atoms with van der Waals surface area (Å²) in [6.45, 7) is 1.67. The minimum absolute atomic E-state index is 0.0512. The molecular weight excluding hydrogens is 392 g/mol. The van der Waals surface area contributed by atoms with E-state index in [-0.39, 0.29) is 23.7 Å². The van der Waals surface area contributed by atoms with E-state index in [1.807, 2.05) is 29.6 Å². The van der Waals surface area contributed by atoms with Crippen molar-refractivity contribution < 1.29 is 23.8 Å². The van der Waals surface area contributed by atoms with E-state index in [4.69, 9.17) is 14.2 Å². The molecule has 2 heterocycles. The summed E-state index contributed by atoms with van der Waals surface area (Å²) in [5.41, 5.74) is 0.890. The third-order valence-electron chi connectivity index (χ3n) is 5.12. The lowest BCUT2D eigenvalue weighted by molar-refractivity contribution is -0.125. The first-order valence-corrected chi connectivity index (χ1v) is 10.3. The molecule has 0 bridgehead atoms. The van der Waals surface area contributed by atoms with Gasteiger partial charge in [0.05, 0.1) is 31.6 Å². The number of hydrogen-bond donors (Lipinski definition) is 1. The average Bonchev–Trinajstić information content (AvgIpc) is 3.43. The highest BCUT2D eigenvalue weighted by molar-refractivity contribution is 7.12. The van der Waals surface area contributed by atoms with Gasteiger partial charge in [0.15, 0.2) is 0 Å². The van der Waals surface area contributed by atoms with Crippen LogP contribution in [-0.2, 0) is 9.53 Å². The molecule has 0 radical (unpaired) electrons. The number of rotatable bonds is 8. The number of carbonyl (C=O) groups is 2. The van der Waals surface area contributed by atoms with E-state index in [9.17, 15) is 9.59 Å². The summed E-state index contributed by atoms with van der Waals surface area (Å²) in [5.74, 6) is 0.627. The molecule has 8 heteroatoms. The minimum atomic E-state index is -0.377. The zero-order valence-corrected chi connectivity index (χ0v) is 17.7. The molecule has 1 aromatic carbocycles. The molecule has 0 aliphatic carbocycles. The van der Waals surface area contributed by atoms with E-state index in [0.29, 0.717) is 42.6 Å². The van der Waals surface area contributed by atoms with Crippen LogP contribution in [-0.4, -0.2) is 64.3 Å². The van der Waals surface area contributed by atoms with Gasteiger partial charge in [-0.2, -0.15) is 0 Å². The van der Waals surface area contributed by atoms with Gasteiger partial charge in [-0.3, -0.25) is 9.59 Å². The molecule has 0 saturated carbocycles. The van der Waals surface area contributed by atoms with Gasteiger partial charge < -0.3 is 24.4 Å². The first-order valence-electron chi connectivity index (χ1n) is 9.40. The maximum absolute atomic E-state index is 12.9. The maximum Gasteiger partial charge on any atom is 0.263 e. The summed E-state index contributed by atoms with van der Waals surface area (Å²) >= 11 is 1.40. The molecule has 29 heavy (non-hydrogen) atoms. The monoisotopic (exact) mass is 418 g/mol. The van der Waals surface area contributed by atoms with E-state index in [0.717, 1.165) is 5.56 Å². The lowest BCUT2D eigenvalue weighted by atomic mass is 9.87. The number of amides is 2. The smallest absolute Gasteiger partial charge is 0.263 e. The van der Waals surface area contributed by atoms with Crippen LogP contribution in [0.15, 0.2) is 35.7 Å². The van der Waals surface area contributed by atoms with E-state index in [2.05, 4.69) is 5.32 Å². The normalized spacial score (nSPS) is 18.5. The van der Waals surface area contributed by atoms with Crippen molar-refractivity contribution in [3.8, 4) is 11.5 Å².